The number of esters is 1. The van der Waals surface area contributed by atoms with Crippen LogP contribution in [0.25, 0.3) is 0 Å². The van der Waals surface area contributed by atoms with E-state index in [0.717, 1.165) is 18.7 Å². The highest BCUT2D eigenvalue weighted by Crippen LogP contribution is 2.01. The zero-order valence-corrected chi connectivity index (χ0v) is 13.9. The molecule has 128 valence electrons. The second kappa shape index (κ2) is 11.2. The molecule has 0 aliphatic carbocycles. The van der Waals surface area contributed by atoms with E-state index < -0.39 is 18.0 Å². The van der Waals surface area contributed by atoms with Crippen molar-refractivity contribution in [1.82, 2.24) is 4.90 Å². The number of carbonyl (C=O) groups excluding carboxylic acids is 1. The number of carboxylic acids is 1. The first-order valence-electron chi connectivity index (χ1n) is 7.20. The maximum Gasteiger partial charge on any atom is 0.331 e. The van der Waals surface area contributed by atoms with Crippen molar-refractivity contribution in [1.29, 1.82) is 0 Å². The molecule has 0 saturated heterocycles. The molecule has 7 nitrogen and oxygen atoms in total. The summed E-state index contributed by atoms with van der Waals surface area (Å²) in [7, 11) is 3.96. The molecule has 0 heterocycles. The number of hydrogen-bond acceptors (Lipinski definition) is 6. The quantitative estimate of drug-likeness (QED) is 0.448. The Morgan fingerprint density at radius 3 is 2.09 bits per heavy atom. The second-order valence-electron chi connectivity index (χ2n) is 5.47. The molecular weight excluding hydrogens is 290 g/mol. The molecule has 7 heteroatoms. The summed E-state index contributed by atoms with van der Waals surface area (Å²) >= 11 is 0. The average molecular weight is 317 g/mol. The second-order valence-corrected chi connectivity index (χ2v) is 5.47. The van der Waals surface area contributed by atoms with E-state index in [1.165, 1.54) is 0 Å². The van der Waals surface area contributed by atoms with Crippen LogP contribution in [0.5, 0.6) is 0 Å². The first-order chi connectivity index (χ1) is 10.2. The van der Waals surface area contributed by atoms with Crippen molar-refractivity contribution in [3.8, 4) is 0 Å². The first kappa shape index (κ1) is 20.6. The van der Waals surface area contributed by atoms with Crippen molar-refractivity contribution >= 4 is 11.9 Å². The van der Waals surface area contributed by atoms with Crippen molar-refractivity contribution in [2.45, 2.75) is 39.1 Å². The minimum atomic E-state index is -1.20. The molecule has 22 heavy (non-hydrogen) atoms. The Labute approximate surface area is 131 Å². The summed E-state index contributed by atoms with van der Waals surface area (Å²) in [5.41, 5.74) is 0. The van der Waals surface area contributed by atoms with E-state index >= 15 is 0 Å². The fourth-order valence-electron chi connectivity index (χ4n) is 1.63. The van der Waals surface area contributed by atoms with Crippen molar-refractivity contribution in [3.05, 3.63) is 12.2 Å². The molecule has 0 amide bonds. The summed E-state index contributed by atoms with van der Waals surface area (Å²) < 4.78 is 16.1. The number of likely N-dealkylation sites (N-methyl/N-ethyl adjacent to an activating group) is 1. The maximum atomic E-state index is 11.3. The fraction of sp³-hybridized carbons (Fsp3) is 0.733. The zero-order chi connectivity index (χ0) is 17.1. The molecule has 0 aromatic carbocycles. The number of rotatable bonds is 11. The van der Waals surface area contributed by atoms with E-state index in [0.29, 0.717) is 6.61 Å². The van der Waals surface area contributed by atoms with Crippen LogP contribution in [0.3, 0.4) is 0 Å². The molecular formula is C15H27NO6. The van der Waals surface area contributed by atoms with Gasteiger partial charge in [0, 0.05) is 18.7 Å². The Morgan fingerprint density at radius 1 is 1.00 bits per heavy atom. The zero-order valence-electron chi connectivity index (χ0n) is 13.9. The van der Waals surface area contributed by atoms with Gasteiger partial charge in [-0.2, -0.15) is 0 Å². The lowest BCUT2D eigenvalue weighted by atomic mass is 10.3. The molecule has 0 aromatic heterocycles. The molecule has 0 aliphatic heterocycles. The van der Waals surface area contributed by atoms with Crippen LogP contribution < -0.4 is 0 Å². The van der Waals surface area contributed by atoms with Gasteiger partial charge in [-0.05, 0) is 34.9 Å². The summed E-state index contributed by atoms with van der Waals surface area (Å²) in [6.45, 7) is 7.05. The first-order valence-corrected chi connectivity index (χ1v) is 7.20. The molecule has 0 fully saturated rings. The highest BCUT2D eigenvalue weighted by molar-refractivity contribution is 5.90. The summed E-state index contributed by atoms with van der Waals surface area (Å²) in [5.74, 6) is -1.90. The van der Waals surface area contributed by atoms with Crippen molar-refractivity contribution in [2.75, 3.05) is 33.9 Å². The number of carbonyl (C=O) groups is 2. The van der Waals surface area contributed by atoms with Gasteiger partial charge in [0.05, 0.1) is 25.4 Å². The van der Waals surface area contributed by atoms with Gasteiger partial charge in [-0.15, -0.1) is 0 Å². The van der Waals surface area contributed by atoms with Gasteiger partial charge in [-0.3, -0.25) is 0 Å². The highest BCUT2D eigenvalue weighted by atomic mass is 16.6. The van der Waals surface area contributed by atoms with E-state index in [-0.39, 0.29) is 18.8 Å². The minimum absolute atomic E-state index is 0.109. The summed E-state index contributed by atoms with van der Waals surface area (Å²) in [5, 5.41) is 8.39. The number of aliphatic carboxylic acids is 1. The van der Waals surface area contributed by atoms with Crippen LogP contribution >= 0.6 is 0 Å². The van der Waals surface area contributed by atoms with Crippen LogP contribution in [0.15, 0.2) is 12.2 Å². The predicted molar refractivity (Wildman–Crippen MR) is 81.7 cm³/mol. The molecule has 0 radical (unpaired) electrons. The molecule has 0 aromatic rings. The van der Waals surface area contributed by atoms with Gasteiger partial charge in [0.2, 0.25) is 0 Å². The molecule has 0 spiro atoms. The Hall–Kier alpha value is -1.44. The largest absolute Gasteiger partial charge is 0.478 e. The Kier molecular flexibility index (Phi) is 10.4. The van der Waals surface area contributed by atoms with Crippen LogP contribution in [0.4, 0.5) is 0 Å². The van der Waals surface area contributed by atoms with Gasteiger partial charge in [-0.25, -0.2) is 9.59 Å². The van der Waals surface area contributed by atoms with Crippen molar-refractivity contribution in [2.24, 2.45) is 0 Å². The Morgan fingerprint density at radius 2 is 1.55 bits per heavy atom. The Bertz CT molecular complexity index is 369. The highest BCUT2D eigenvalue weighted by Gasteiger charge is 2.12. The van der Waals surface area contributed by atoms with Crippen LogP contribution in [0, 0.1) is 0 Å². The SMILES string of the molecule is CC(COC(C)CN(C)C)OCC(C)OC(=O)C=CC(=O)O. The van der Waals surface area contributed by atoms with Gasteiger partial charge < -0.3 is 24.2 Å². The number of ether oxygens (including phenoxy) is 3. The summed E-state index contributed by atoms with van der Waals surface area (Å²) in [6, 6.07) is 0. The van der Waals surface area contributed by atoms with Gasteiger partial charge >= 0.3 is 11.9 Å². The molecule has 3 atom stereocenters. The third-order valence-electron chi connectivity index (χ3n) is 2.53. The normalized spacial score (nSPS) is 15.7. The van der Waals surface area contributed by atoms with Gasteiger partial charge in [0.25, 0.3) is 0 Å². The monoisotopic (exact) mass is 317 g/mol. The molecule has 0 saturated carbocycles. The minimum Gasteiger partial charge on any atom is -0.478 e. The van der Waals surface area contributed by atoms with Gasteiger partial charge in [0.15, 0.2) is 0 Å². The molecule has 0 bridgehead atoms. The van der Waals surface area contributed by atoms with E-state index in [1.807, 2.05) is 32.8 Å². The number of hydrogen-bond donors (Lipinski definition) is 1. The average Bonchev–Trinajstić information content (AvgIpc) is 2.40. The van der Waals surface area contributed by atoms with E-state index in [2.05, 4.69) is 0 Å². The van der Waals surface area contributed by atoms with E-state index in [1.54, 1.807) is 6.92 Å². The van der Waals surface area contributed by atoms with Crippen LogP contribution in [0.2, 0.25) is 0 Å². The summed E-state index contributed by atoms with van der Waals surface area (Å²) in [6.07, 6.45) is 1.12. The molecule has 3 unspecified atom stereocenters. The van der Waals surface area contributed by atoms with Crippen LogP contribution in [-0.4, -0.2) is 74.1 Å². The van der Waals surface area contributed by atoms with Crippen molar-refractivity contribution < 1.29 is 28.9 Å². The third-order valence-corrected chi connectivity index (χ3v) is 2.53. The third kappa shape index (κ3) is 12.3. The lowest BCUT2D eigenvalue weighted by molar-refractivity contribution is -0.147. The topological polar surface area (TPSA) is 85.3 Å². The smallest absolute Gasteiger partial charge is 0.331 e. The standard InChI is InChI=1S/C15H27NO6/c1-11(8-16(4)5)20-9-12(2)21-10-13(3)22-15(19)7-6-14(17)18/h6-7,11-13H,8-10H2,1-5H3,(H,17,18). The number of carboxylic acid groups (broad SMARTS) is 1. The Balaban J connectivity index is 3.87. The van der Waals surface area contributed by atoms with Crippen LogP contribution in [0.1, 0.15) is 20.8 Å². The molecule has 0 rings (SSSR count). The lowest BCUT2D eigenvalue weighted by Gasteiger charge is -2.21. The van der Waals surface area contributed by atoms with Crippen molar-refractivity contribution in [3.63, 3.8) is 0 Å². The fourth-order valence-corrected chi connectivity index (χ4v) is 1.63. The molecule has 1 N–H and O–H groups in total. The van der Waals surface area contributed by atoms with Crippen LogP contribution in [-0.2, 0) is 23.8 Å². The molecule has 0 aliphatic rings. The van der Waals surface area contributed by atoms with E-state index in [9.17, 15) is 9.59 Å². The van der Waals surface area contributed by atoms with Gasteiger partial charge in [0.1, 0.15) is 6.10 Å². The number of nitrogens with zero attached hydrogens (tertiary/aromatic N) is 1. The van der Waals surface area contributed by atoms with Gasteiger partial charge in [-0.1, -0.05) is 0 Å². The lowest BCUT2D eigenvalue weighted by Crippen LogP contribution is -2.30. The maximum absolute atomic E-state index is 11.3. The predicted octanol–water partition coefficient (Wildman–Crippen LogP) is 0.931. The summed E-state index contributed by atoms with van der Waals surface area (Å²) in [4.78, 5) is 23.6. The van der Waals surface area contributed by atoms with E-state index in [4.69, 9.17) is 19.3 Å².